The van der Waals surface area contributed by atoms with Crippen LogP contribution in [-0.4, -0.2) is 40.0 Å². The van der Waals surface area contributed by atoms with Gasteiger partial charge in [-0.05, 0) is 42.8 Å². The van der Waals surface area contributed by atoms with Crippen LogP contribution in [0.2, 0.25) is 0 Å². The van der Waals surface area contributed by atoms with E-state index < -0.39 is 11.7 Å². The molecule has 2 fully saturated rings. The SMILES string of the molecule is CC1OCc2c1c(N)nc1ccc(C(=O)N(Cc3ccc(C(F)(F)F)cn3)[C@H]3[C@@H]4COC[C@@H]43)cc21. The predicted octanol–water partition coefficient (Wildman–Crippen LogP) is 4.11. The minimum Gasteiger partial charge on any atom is -0.383 e. The first kappa shape index (κ1) is 22.2. The van der Waals surface area contributed by atoms with Crippen molar-refractivity contribution >= 4 is 22.6 Å². The number of nitrogen functional groups attached to an aromatic ring is 1. The third-order valence-corrected chi connectivity index (χ3v) is 7.31. The zero-order valence-corrected chi connectivity index (χ0v) is 18.9. The Bertz CT molecular complexity index is 1320. The van der Waals surface area contributed by atoms with Crippen LogP contribution in [0.1, 0.15) is 45.8 Å². The van der Waals surface area contributed by atoms with Gasteiger partial charge in [0.25, 0.3) is 5.91 Å². The van der Waals surface area contributed by atoms with Gasteiger partial charge in [-0.3, -0.25) is 9.78 Å². The molecule has 1 saturated carbocycles. The summed E-state index contributed by atoms with van der Waals surface area (Å²) >= 11 is 0. The van der Waals surface area contributed by atoms with Gasteiger partial charge in [0.2, 0.25) is 0 Å². The van der Waals surface area contributed by atoms with E-state index in [4.69, 9.17) is 15.2 Å². The summed E-state index contributed by atoms with van der Waals surface area (Å²) in [5.41, 5.74) is 8.66. The number of hydrogen-bond acceptors (Lipinski definition) is 6. The lowest BCUT2D eigenvalue weighted by Crippen LogP contribution is -2.36. The summed E-state index contributed by atoms with van der Waals surface area (Å²) < 4.78 is 50.1. The van der Waals surface area contributed by atoms with E-state index in [1.807, 2.05) is 13.0 Å². The van der Waals surface area contributed by atoms with Gasteiger partial charge in [-0.2, -0.15) is 13.2 Å². The number of nitrogens with zero attached hydrogens (tertiary/aromatic N) is 3. The number of halogens is 3. The molecular formula is C25H23F3N4O3. The molecule has 1 saturated heterocycles. The van der Waals surface area contributed by atoms with Crippen molar-refractivity contribution in [3.8, 4) is 0 Å². The highest BCUT2D eigenvalue weighted by Crippen LogP contribution is 2.49. The van der Waals surface area contributed by atoms with E-state index in [1.54, 1.807) is 17.0 Å². The molecule has 1 amide bonds. The Morgan fingerprint density at radius 2 is 1.97 bits per heavy atom. The van der Waals surface area contributed by atoms with E-state index in [9.17, 15) is 18.0 Å². The maximum Gasteiger partial charge on any atom is 0.417 e. The number of nitrogens with two attached hydrogens (primary N) is 1. The van der Waals surface area contributed by atoms with Crippen molar-refractivity contribution in [1.82, 2.24) is 14.9 Å². The van der Waals surface area contributed by atoms with E-state index in [2.05, 4.69) is 9.97 Å². The summed E-state index contributed by atoms with van der Waals surface area (Å²) in [6.07, 6.45) is -3.82. The maximum atomic E-state index is 13.8. The number of alkyl halides is 3. The van der Waals surface area contributed by atoms with Gasteiger partial charge in [0, 0.05) is 40.6 Å². The first-order chi connectivity index (χ1) is 16.7. The second kappa shape index (κ2) is 7.89. The van der Waals surface area contributed by atoms with Crippen LogP contribution < -0.4 is 5.73 Å². The van der Waals surface area contributed by atoms with Gasteiger partial charge in [0.05, 0.1) is 49.2 Å². The topological polar surface area (TPSA) is 90.6 Å². The molecule has 6 rings (SSSR count). The minimum atomic E-state index is -4.46. The van der Waals surface area contributed by atoms with Gasteiger partial charge < -0.3 is 20.1 Å². The van der Waals surface area contributed by atoms with E-state index >= 15 is 0 Å². The molecular weight excluding hydrogens is 461 g/mol. The highest BCUT2D eigenvalue weighted by atomic mass is 19.4. The van der Waals surface area contributed by atoms with Crippen LogP contribution in [0.5, 0.6) is 0 Å². The molecule has 7 nitrogen and oxygen atoms in total. The van der Waals surface area contributed by atoms with Crippen LogP contribution >= 0.6 is 0 Å². The average molecular weight is 484 g/mol. The third kappa shape index (κ3) is 3.71. The number of carbonyl (C=O) groups is 1. The Morgan fingerprint density at radius 3 is 2.66 bits per heavy atom. The number of hydrogen-bond donors (Lipinski definition) is 1. The van der Waals surface area contributed by atoms with Gasteiger partial charge in [-0.25, -0.2) is 4.98 Å². The molecule has 2 N–H and O–H groups in total. The second-order valence-corrected chi connectivity index (χ2v) is 9.40. The van der Waals surface area contributed by atoms with Gasteiger partial charge in [-0.1, -0.05) is 0 Å². The van der Waals surface area contributed by atoms with Gasteiger partial charge in [-0.15, -0.1) is 0 Å². The van der Waals surface area contributed by atoms with Crippen molar-refractivity contribution in [1.29, 1.82) is 0 Å². The Labute approximate surface area is 199 Å². The number of ether oxygens (including phenoxy) is 2. The molecule has 1 aliphatic carbocycles. The van der Waals surface area contributed by atoms with Crippen molar-refractivity contribution in [2.24, 2.45) is 11.8 Å². The number of amides is 1. The van der Waals surface area contributed by atoms with Crippen molar-refractivity contribution < 1.29 is 27.4 Å². The molecule has 0 spiro atoms. The molecule has 0 radical (unpaired) electrons. The third-order valence-electron chi connectivity index (χ3n) is 7.31. The molecule has 2 aliphatic heterocycles. The zero-order chi connectivity index (χ0) is 24.5. The summed E-state index contributed by atoms with van der Waals surface area (Å²) in [5, 5.41) is 0.816. The van der Waals surface area contributed by atoms with Crippen LogP contribution in [0, 0.1) is 11.8 Å². The highest BCUT2D eigenvalue weighted by Gasteiger charge is 2.58. The number of carbonyl (C=O) groups excluding carboxylic acids is 1. The molecule has 3 aromatic rings. The average Bonchev–Trinajstić information content (AvgIpc) is 3.12. The molecule has 4 atom stereocenters. The first-order valence-corrected chi connectivity index (χ1v) is 11.5. The van der Waals surface area contributed by atoms with Crippen molar-refractivity contribution in [3.05, 3.63) is 64.5 Å². The van der Waals surface area contributed by atoms with Gasteiger partial charge in [0.15, 0.2) is 0 Å². The number of benzene rings is 1. The molecule has 182 valence electrons. The van der Waals surface area contributed by atoms with Crippen LogP contribution in [-0.2, 0) is 28.8 Å². The number of pyridine rings is 2. The monoisotopic (exact) mass is 484 g/mol. The molecule has 3 aliphatic rings. The molecule has 10 heteroatoms. The Hall–Kier alpha value is -3.24. The normalized spacial score (nSPS) is 24.9. The van der Waals surface area contributed by atoms with Crippen molar-refractivity contribution in [3.63, 3.8) is 0 Å². The van der Waals surface area contributed by atoms with Gasteiger partial charge in [0.1, 0.15) is 5.82 Å². The number of fused-ring (bicyclic) bond motifs is 4. The molecule has 4 heterocycles. The van der Waals surface area contributed by atoms with Crippen LogP contribution in [0.3, 0.4) is 0 Å². The first-order valence-electron chi connectivity index (χ1n) is 11.5. The van der Waals surface area contributed by atoms with E-state index in [1.165, 1.54) is 6.07 Å². The van der Waals surface area contributed by atoms with E-state index in [0.717, 1.165) is 28.8 Å². The molecule has 1 unspecified atom stereocenters. The zero-order valence-electron chi connectivity index (χ0n) is 18.9. The molecule has 35 heavy (non-hydrogen) atoms. The molecule has 0 bridgehead atoms. The predicted molar refractivity (Wildman–Crippen MR) is 120 cm³/mol. The van der Waals surface area contributed by atoms with Crippen LogP contribution in [0.25, 0.3) is 10.9 Å². The fourth-order valence-corrected chi connectivity index (χ4v) is 5.41. The summed E-state index contributed by atoms with van der Waals surface area (Å²) in [6.45, 7) is 3.56. The summed E-state index contributed by atoms with van der Waals surface area (Å²) in [7, 11) is 0. The van der Waals surface area contributed by atoms with Gasteiger partial charge >= 0.3 is 6.18 Å². The number of rotatable bonds is 4. The van der Waals surface area contributed by atoms with Crippen molar-refractivity contribution in [2.75, 3.05) is 18.9 Å². The lowest BCUT2D eigenvalue weighted by atomic mass is 10.00. The summed E-state index contributed by atoms with van der Waals surface area (Å²) in [4.78, 5) is 24.0. The van der Waals surface area contributed by atoms with E-state index in [-0.39, 0.29) is 36.4 Å². The Kier molecular flexibility index (Phi) is 5.01. The summed E-state index contributed by atoms with van der Waals surface area (Å²) in [5.74, 6) is 0.686. The molecule has 1 aromatic carbocycles. The summed E-state index contributed by atoms with van der Waals surface area (Å²) in [6, 6.07) is 7.59. The highest BCUT2D eigenvalue weighted by molar-refractivity contribution is 5.99. The fraction of sp³-hybridized carbons (Fsp3) is 0.400. The lowest BCUT2D eigenvalue weighted by Gasteiger charge is -2.25. The Morgan fingerprint density at radius 1 is 1.20 bits per heavy atom. The molecule has 2 aromatic heterocycles. The standard InChI is InChI=1S/C25H23F3N4O3/c1-12-21-17(11-35-12)16-6-13(2-5-20(16)31-23(21)29)24(33)32(22-18-9-34-10-19(18)22)8-15-4-3-14(7-30-15)25(26,27)28/h2-7,12,18-19,22H,8-11H2,1H3,(H2,29,31)/t12?,18-,19+,22+. The minimum absolute atomic E-state index is 0.0327. The number of anilines is 1. The van der Waals surface area contributed by atoms with Crippen molar-refractivity contribution in [2.45, 2.75) is 38.4 Å². The van der Waals surface area contributed by atoms with E-state index in [0.29, 0.717) is 42.4 Å². The lowest BCUT2D eigenvalue weighted by molar-refractivity contribution is -0.137. The Balaban J connectivity index is 1.34. The van der Waals surface area contributed by atoms with Crippen LogP contribution in [0.4, 0.5) is 19.0 Å². The largest absolute Gasteiger partial charge is 0.417 e. The quantitative estimate of drug-likeness (QED) is 0.600. The number of aromatic nitrogens is 2. The second-order valence-electron chi connectivity index (χ2n) is 9.40. The van der Waals surface area contributed by atoms with Crippen LogP contribution in [0.15, 0.2) is 36.5 Å². The smallest absolute Gasteiger partial charge is 0.383 e. The maximum absolute atomic E-state index is 13.8. The fourth-order valence-electron chi connectivity index (χ4n) is 5.41.